The van der Waals surface area contributed by atoms with Gasteiger partial charge < -0.3 is 5.73 Å². The van der Waals surface area contributed by atoms with Crippen LogP contribution >= 0.6 is 15.9 Å². The summed E-state index contributed by atoms with van der Waals surface area (Å²) in [7, 11) is 2.24. The Kier molecular flexibility index (Phi) is 5.65. The molecule has 0 radical (unpaired) electrons. The fraction of sp³-hybridized carbons (Fsp3) is 0.647. The molecule has 20 heavy (non-hydrogen) atoms. The van der Waals surface area contributed by atoms with Crippen LogP contribution in [0, 0.1) is 5.92 Å². The van der Waals surface area contributed by atoms with Crippen LogP contribution in [0.2, 0.25) is 0 Å². The molecule has 0 heterocycles. The van der Waals surface area contributed by atoms with Gasteiger partial charge in [-0.2, -0.15) is 0 Å². The Bertz CT molecular complexity index is 435. The van der Waals surface area contributed by atoms with E-state index in [4.69, 9.17) is 5.73 Å². The molecular weight excluding hydrogens is 312 g/mol. The highest BCUT2D eigenvalue weighted by molar-refractivity contribution is 9.10. The van der Waals surface area contributed by atoms with Crippen molar-refractivity contribution in [2.75, 3.05) is 13.6 Å². The predicted octanol–water partition coefficient (Wildman–Crippen LogP) is 4.18. The minimum atomic E-state index is 0.188. The predicted molar refractivity (Wildman–Crippen MR) is 89.6 cm³/mol. The quantitative estimate of drug-likeness (QED) is 0.834. The van der Waals surface area contributed by atoms with Gasteiger partial charge in [0.15, 0.2) is 0 Å². The van der Waals surface area contributed by atoms with Crippen molar-refractivity contribution in [3.63, 3.8) is 0 Å². The largest absolute Gasteiger partial charge is 0.329 e. The van der Waals surface area contributed by atoms with E-state index in [0.717, 1.165) is 23.5 Å². The van der Waals surface area contributed by atoms with E-state index in [1.165, 1.54) is 37.7 Å². The molecule has 2 rings (SSSR count). The van der Waals surface area contributed by atoms with E-state index in [9.17, 15) is 0 Å². The van der Waals surface area contributed by atoms with Crippen molar-refractivity contribution >= 4 is 15.9 Å². The first-order chi connectivity index (χ1) is 9.55. The monoisotopic (exact) mass is 338 g/mol. The first kappa shape index (κ1) is 16.0. The zero-order valence-electron chi connectivity index (χ0n) is 12.7. The fourth-order valence-corrected chi connectivity index (χ4v) is 3.83. The third-order valence-corrected chi connectivity index (χ3v) is 5.43. The van der Waals surface area contributed by atoms with Crippen LogP contribution in [0.1, 0.15) is 44.6 Å². The average Bonchev–Trinajstić information content (AvgIpc) is 2.61. The van der Waals surface area contributed by atoms with Gasteiger partial charge in [0.2, 0.25) is 0 Å². The molecule has 3 heteroatoms. The van der Waals surface area contributed by atoms with Crippen LogP contribution in [0.15, 0.2) is 28.7 Å². The first-order valence-electron chi connectivity index (χ1n) is 7.71. The Labute approximate surface area is 131 Å². The Morgan fingerprint density at radius 1 is 1.35 bits per heavy atom. The van der Waals surface area contributed by atoms with E-state index >= 15 is 0 Å². The molecule has 0 bridgehead atoms. The van der Waals surface area contributed by atoms with Crippen LogP contribution in [0.3, 0.4) is 0 Å². The number of halogens is 1. The van der Waals surface area contributed by atoms with E-state index in [1.54, 1.807) is 0 Å². The van der Waals surface area contributed by atoms with Gasteiger partial charge >= 0.3 is 0 Å². The molecule has 2 atom stereocenters. The molecule has 0 aromatic heterocycles. The summed E-state index contributed by atoms with van der Waals surface area (Å²) in [5.74, 6) is 0.850. The molecule has 2 N–H and O–H groups in total. The van der Waals surface area contributed by atoms with E-state index in [-0.39, 0.29) is 5.54 Å². The average molecular weight is 339 g/mol. The summed E-state index contributed by atoms with van der Waals surface area (Å²) in [6.07, 6.45) is 6.43. The molecule has 1 aromatic carbocycles. The molecule has 1 fully saturated rings. The highest BCUT2D eigenvalue weighted by Crippen LogP contribution is 2.34. The van der Waals surface area contributed by atoms with Crippen LogP contribution in [0.4, 0.5) is 0 Å². The minimum Gasteiger partial charge on any atom is -0.329 e. The lowest BCUT2D eigenvalue weighted by Gasteiger charge is -2.41. The summed E-state index contributed by atoms with van der Waals surface area (Å²) in [5, 5.41) is 0. The van der Waals surface area contributed by atoms with Gasteiger partial charge in [0.05, 0.1) is 0 Å². The highest BCUT2D eigenvalue weighted by atomic mass is 79.9. The first-order valence-corrected chi connectivity index (χ1v) is 8.51. The minimum absolute atomic E-state index is 0.188. The smallest absolute Gasteiger partial charge is 0.0332 e. The molecule has 1 aliphatic carbocycles. The molecule has 112 valence electrons. The van der Waals surface area contributed by atoms with Crippen LogP contribution in [0.5, 0.6) is 0 Å². The van der Waals surface area contributed by atoms with Gasteiger partial charge in [-0.05, 0) is 49.9 Å². The lowest BCUT2D eigenvalue weighted by atomic mass is 9.87. The van der Waals surface area contributed by atoms with Gasteiger partial charge in [-0.1, -0.05) is 47.8 Å². The van der Waals surface area contributed by atoms with Crippen molar-refractivity contribution < 1.29 is 0 Å². The summed E-state index contributed by atoms with van der Waals surface area (Å²) in [4.78, 5) is 2.49. The van der Waals surface area contributed by atoms with Crippen molar-refractivity contribution in [3.8, 4) is 0 Å². The molecule has 0 aliphatic heterocycles. The molecule has 2 nitrogen and oxygen atoms in total. The fourth-order valence-electron chi connectivity index (χ4n) is 3.38. The molecule has 1 aliphatic rings. The Morgan fingerprint density at radius 3 is 2.85 bits per heavy atom. The molecule has 1 aromatic rings. The standard InChI is InChI=1S/C17H27BrN2/c1-14-5-4-9-17(13-19,10-8-14)20(2)12-15-6-3-7-16(18)11-15/h3,6-7,11,14H,4-5,8-10,12-13,19H2,1-2H3. The Morgan fingerprint density at radius 2 is 2.15 bits per heavy atom. The molecule has 0 spiro atoms. The van der Waals surface area contributed by atoms with Gasteiger partial charge in [-0.3, -0.25) is 4.90 Å². The van der Waals surface area contributed by atoms with Gasteiger partial charge in [0.1, 0.15) is 0 Å². The number of benzene rings is 1. The number of hydrogen-bond donors (Lipinski definition) is 1. The van der Waals surface area contributed by atoms with Crippen LogP contribution in [-0.4, -0.2) is 24.0 Å². The third kappa shape index (κ3) is 3.84. The van der Waals surface area contributed by atoms with Crippen molar-refractivity contribution in [1.29, 1.82) is 0 Å². The molecular formula is C17H27BrN2. The summed E-state index contributed by atoms with van der Waals surface area (Å²) in [5.41, 5.74) is 7.73. The Hall–Kier alpha value is -0.380. The second kappa shape index (κ2) is 7.06. The second-order valence-corrected chi connectivity index (χ2v) is 7.37. The topological polar surface area (TPSA) is 29.3 Å². The van der Waals surface area contributed by atoms with Gasteiger partial charge in [-0.25, -0.2) is 0 Å². The zero-order chi connectivity index (χ0) is 14.6. The second-order valence-electron chi connectivity index (χ2n) is 6.45. The third-order valence-electron chi connectivity index (χ3n) is 4.94. The van der Waals surface area contributed by atoms with E-state index < -0.39 is 0 Å². The highest BCUT2D eigenvalue weighted by Gasteiger charge is 2.34. The number of nitrogens with two attached hydrogens (primary N) is 1. The van der Waals surface area contributed by atoms with E-state index in [2.05, 4.69) is 59.1 Å². The summed E-state index contributed by atoms with van der Waals surface area (Å²) < 4.78 is 1.15. The maximum absolute atomic E-state index is 6.19. The van der Waals surface area contributed by atoms with E-state index in [1.807, 2.05) is 0 Å². The maximum atomic E-state index is 6.19. The lowest BCUT2D eigenvalue weighted by Crippen LogP contribution is -2.51. The van der Waals surface area contributed by atoms with Gasteiger partial charge in [0.25, 0.3) is 0 Å². The van der Waals surface area contributed by atoms with Crippen molar-refractivity contribution in [3.05, 3.63) is 34.3 Å². The SMILES string of the molecule is CC1CCCC(CN)(N(C)Cc2cccc(Br)c2)CC1. The van der Waals surface area contributed by atoms with Crippen LogP contribution < -0.4 is 5.73 Å². The van der Waals surface area contributed by atoms with Crippen LogP contribution in [0.25, 0.3) is 0 Å². The molecule has 2 unspecified atom stereocenters. The summed E-state index contributed by atoms with van der Waals surface area (Å²) in [6, 6.07) is 8.60. The maximum Gasteiger partial charge on any atom is 0.0332 e. The molecule has 1 saturated carbocycles. The molecule has 0 saturated heterocycles. The summed E-state index contributed by atoms with van der Waals surface area (Å²) in [6.45, 7) is 4.12. The normalized spacial score (nSPS) is 27.6. The van der Waals surface area contributed by atoms with Crippen molar-refractivity contribution in [2.24, 2.45) is 11.7 Å². The van der Waals surface area contributed by atoms with Crippen LogP contribution in [-0.2, 0) is 6.54 Å². The number of nitrogens with zero attached hydrogens (tertiary/aromatic N) is 1. The van der Waals surface area contributed by atoms with Gasteiger partial charge in [0, 0.05) is 23.1 Å². The van der Waals surface area contributed by atoms with E-state index in [0.29, 0.717) is 0 Å². The van der Waals surface area contributed by atoms with Crippen molar-refractivity contribution in [1.82, 2.24) is 4.90 Å². The lowest BCUT2D eigenvalue weighted by molar-refractivity contribution is 0.0986. The number of hydrogen-bond acceptors (Lipinski definition) is 2. The van der Waals surface area contributed by atoms with Gasteiger partial charge in [-0.15, -0.1) is 0 Å². The number of rotatable bonds is 4. The number of likely N-dealkylation sites (N-methyl/N-ethyl adjacent to an activating group) is 1. The summed E-state index contributed by atoms with van der Waals surface area (Å²) >= 11 is 3.56. The van der Waals surface area contributed by atoms with Crippen molar-refractivity contribution in [2.45, 2.75) is 51.1 Å². The zero-order valence-corrected chi connectivity index (χ0v) is 14.3. The molecule has 0 amide bonds. The Balaban J connectivity index is 2.09.